The number of hydrogen-bond acceptors (Lipinski definition) is 4. The van der Waals surface area contributed by atoms with Crippen LogP contribution in [0.1, 0.15) is 57.7 Å². The fraction of sp³-hybridized carbons (Fsp3) is 0.542. The minimum Gasteiger partial charge on any atom is -0.360 e. The molecule has 29 heavy (non-hydrogen) atoms. The Balaban J connectivity index is 1.92. The van der Waals surface area contributed by atoms with Gasteiger partial charge in [-0.2, -0.15) is 0 Å². The monoisotopic (exact) mass is 394 g/mol. The fourth-order valence-electron chi connectivity index (χ4n) is 3.98. The van der Waals surface area contributed by atoms with Crippen LogP contribution in [-0.4, -0.2) is 40.9 Å². The van der Waals surface area contributed by atoms with Crippen LogP contribution >= 0.6 is 0 Å². The molecule has 2 aromatic rings. The quantitative estimate of drug-likeness (QED) is 0.651. The van der Waals surface area contributed by atoms with Gasteiger partial charge in [-0.15, -0.1) is 0 Å². The number of amides is 1. The maximum atomic E-state index is 13.2. The summed E-state index contributed by atoms with van der Waals surface area (Å²) >= 11 is 0. The van der Waals surface area contributed by atoms with E-state index in [9.17, 15) is 4.79 Å². The molecule has 0 fully saturated rings. The molecule has 1 atom stereocenters. The van der Waals surface area contributed by atoms with Crippen molar-refractivity contribution in [2.45, 2.75) is 59.4 Å². The van der Waals surface area contributed by atoms with Crippen molar-refractivity contribution in [2.24, 2.45) is 5.92 Å². The van der Waals surface area contributed by atoms with Crippen LogP contribution in [0.2, 0.25) is 0 Å². The van der Waals surface area contributed by atoms with Gasteiger partial charge in [0.05, 0.1) is 12.2 Å². The molecule has 0 saturated heterocycles. The Labute approximate surface area is 175 Å². The predicted molar refractivity (Wildman–Crippen MR) is 119 cm³/mol. The van der Waals surface area contributed by atoms with Crippen LogP contribution in [0.4, 0.5) is 5.82 Å². The third kappa shape index (κ3) is 4.77. The molecule has 0 spiro atoms. The minimum absolute atomic E-state index is 0.133. The first-order valence-electron chi connectivity index (χ1n) is 11.0. The van der Waals surface area contributed by atoms with Crippen molar-refractivity contribution in [3.63, 3.8) is 0 Å². The molecule has 0 N–H and O–H groups in total. The van der Waals surface area contributed by atoms with Gasteiger partial charge in [-0.3, -0.25) is 4.79 Å². The molecule has 1 aromatic carbocycles. The van der Waals surface area contributed by atoms with Crippen molar-refractivity contribution in [1.82, 2.24) is 14.9 Å². The summed E-state index contributed by atoms with van der Waals surface area (Å²) in [6.45, 7) is 8.66. The van der Waals surface area contributed by atoms with Crippen LogP contribution in [-0.2, 0) is 17.8 Å². The highest BCUT2D eigenvalue weighted by Crippen LogP contribution is 2.30. The lowest BCUT2D eigenvalue weighted by Crippen LogP contribution is -2.41. The van der Waals surface area contributed by atoms with E-state index in [1.54, 1.807) is 0 Å². The second-order valence-corrected chi connectivity index (χ2v) is 7.93. The van der Waals surface area contributed by atoms with Gasteiger partial charge in [0.1, 0.15) is 5.82 Å². The van der Waals surface area contributed by atoms with Gasteiger partial charge < -0.3 is 9.80 Å². The third-order valence-electron chi connectivity index (χ3n) is 5.97. The lowest BCUT2D eigenvalue weighted by atomic mass is 9.96. The number of hydrogen-bond donors (Lipinski definition) is 0. The highest BCUT2D eigenvalue weighted by molar-refractivity contribution is 5.79. The Morgan fingerprint density at radius 1 is 1.17 bits per heavy atom. The molecular weight excluding hydrogens is 360 g/mol. The molecule has 1 amide bonds. The summed E-state index contributed by atoms with van der Waals surface area (Å²) < 4.78 is 0. The van der Waals surface area contributed by atoms with Crippen LogP contribution in [0, 0.1) is 5.92 Å². The van der Waals surface area contributed by atoms with Crippen molar-refractivity contribution in [1.29, 1.82) is 0 Å². The van der Waals surface area contributed by atoms with E-state index < -0.39 is 0 Å². The third-order valence-corrected chi connectivity index (χ3v) is 5.97. The molecule has 5 nitrogen and oxygen atoms in total. The van der Waals surface area contributed by atoms with E-state index in [-0.39, 0.29) is 5.92 Å². The summed E-state index contributed by atoms with van der Waals surface area (Å²) in [6, 6.07) is 10.1. The number of benzene rings is 1. The average molecular weight is 395 g/mol. The Morgan fingerprint density at radius 3 is 2.59 bits per heavy atom. The zero-order valence-corrected chi connectivity index (χ0v) is 18.3. The summed E-state index contributed by atoms with van der Waals surface area (Å²) in [6.07, 6.45) is 4.93. The zero-order valence-electron chi connectivity index (χ0n) is 18.3. The zero-order chi connectivity index (χ0) is 20.8. The van der Waals surface area contributed by atoms with Crippen molar-refractivity contribution >= 4 is 11.7 Å². The van der Waals surface area contributed by atoms with E-state index in [2.05, 4.69) is 44.9 Å². The van der Waals surface area contributed by atoms with E-state index in [0.717, 1.165) is 73.7 Å². The first-order chi connectivity index (χ1) is 14.1. The van der Waals surface area contributed by atoms with Crippen LogP contribution in [0.5, 0.6) is 0 Å². The topological polar surface area (TPSA) is 49.3 Å². The Morgan fingerprint density at radius 2 is 1.93 bits per heavy atom. The van der Waals surface area contributed by atoms with Crippen LogP contribution < -0.4 is 4.90 Å². The van der Waals surface area contributed by atoms with E-state index in [4.69, 9.17) is 9.97 Å². The van der Waals surface area contributed by atoms with Gasteiger partial charge in [0.15, 0.2) is 5.82 Å². The van der Waals surface area contributed by atoms with Gasteiger partial charge in [-0.05, 0) is 19.8 Å². The predicted octanol–water partition coefficient (Wildman–Crippen LogP) is 4.70. The second-order valence-electron chi connectivity index (χ2n) is 7.93. The molecule has 0 radical (unpaired) electrons. The van der Waals surface area contributed by atoms with Crippen molar-refractivity contribution < 1.29 is 4.79 Å². The van der Waals surface area contributed by atoms with E-state index >= 15 is 0 Å². The molecule has 0 aliphatic carbocycles. The molecule has 1 aromatic heterocycles. The number of nitrogens with zero attached hydrogens (tertiary/aromatic N) is 4. The Hall–Kier alpha value is -2.43. The van der Waals surface area contributed by atoms with Gasteiger partial charge in [0, 0.05) is 43.6 Å². The number of rotatable bonds is 8. The standard InChI is InChI=1S/C24H34N4O/c1-5-8-12-18(6-2)24(29)28-16-15-21-20(17-28)23(27(4)7-3)26-22(25-21)19-13-10-9-11-14-19/h9-11,13-14,18H,5-8,12,15-17H2,1-4H3/t18-/m0/s1. The fourth-order valence-corrected chi connectivity index (χ4v) is 3.98. The molecule has 156 valence electrons. The summed E-state index contributed by atoms with van der Waals surface area (Å²) in [5.74, 6) is 2.15. The summed E-state index contributed by atoms with van der Waals surface area (Å²) in [4.78, 5) is 27.2. The molecule has 3 rings (SSSR count). The van der Waals surface area contributed by atoms with Gasteiger partial charge in [0.25, 0.3) is 0 Å². The number of aromatic nitrogens is 2. The second kappa shape index (κ2) is 9.86. The summed E-state index contributed by atoms with van der Waals surface area (Å²) in [5.41, 5.74) is 3.23. The van der Waals surface area contributed by atoms with Crippen molar-refractivity contribution in [3.8, 4) is 11.4 Å². The lowest BCUT2D eigenvalue weighted by Gasteiger charge is -2.33. The van der Waals surface area contributed by atoms with Gasteiger partial charge in [0.2, 0.25) is 5.91 Å². The van der Waals surface area contributed by atoms with E-state index in [1.165, 1.54) is 0 Å². The lowest BCUT2D eigenvalue weighted by molar-refractivity contribution is -0.136. The molecule has 0 unspecified atom stereocenters. The Kier molecular flexibility index (Phi) is 7.24. The molecular formula is C24H34N4O. The average Bonchev–Trinajstić information content (AvgIpc) is 2.78. The molecule has 1 aliphatic heterocycles. The maximum absolute atomic E-state index is 13.2. The molecule has 0 saturated carbocycles. The number of carbonyl (C=O) groups excluding carboxylic acids is 1. The van der Waals surface area contributed by atoms with E-state index in [0.29, 0.717) is 12.5 Å². The number of unbranched alkanes of at least 4 members (excludes halogenated alkanes) is 1. The first kappa shape index (κ1) is 21.3. The summed E-state index contributed by atoms with van der Waals surface area (Å²) in [5, 5.41) is 0. The van der Waals surface area contributed by atoms with Crippen molar-refractivity contribution in [3.05, 3.63) is 41.6 Å². The highest BCUT2D eigenvalue weighted by Gasteiger charge is 2.29. The van der Waals surface area contributed by atoms with E-state index in [1.807, 2.05) is 23.1 Å². The number of fused-ring (bicyclic) bond motifs is 1. The molecule has 0 bridgehead atoms. The molecule has 2 heterocycles. The maximum Gasteiger partial charge on any atom is 0.225 e. The largest absolute Gasteiger partial charge is 0.360 e. The van der Waals surface area contributed by atoms with Crippen LogP contribution in [0.15, 0.2) is 30.3 Å². The van der Waals surface area contributed by atoms with Crippen LogP contribution in [0.3, 0.4) is 0 Å². The highest BCUT2D eigenvalue weighted by atomic mass is 16.2. The number of carbonyl (C=O) groups is 1. The minimum atomic E-state index is 0.133. The normalized spacial score (nSPS) is 14.4. The van der Waals surface area contributed by atoms with Gasteiger partial charge >= 0.3 is 0 Å². The first-order valence-corrected chi connectivity index (χ1v) is 11.0. The molecule has 5 heteroatoms. The van der Waals surface area contributed by atoms with Crippen molar-refractivity contribution in [2.75, 3.05) is 25.0 Å². The summed E-state index contributed by atoms with van der Waals surface area (Å²) in [7, 11) is 2.06. The number of anilines is 1. The molecule has 1 aliphatic rings. The van der Waals surface area contributed by atoms with Gasteiger partial charge in [-0.1, -0.05) is 57.0 Å². The smallest absolute Gasteiger partial charge is 0.225 e. The van der Waals surface area contributed by atoms with Crippen LogP contribution in [0.25, 0.3) is 11.4 Å². The van der Waals surface area contributed by atoms with Gasteiger partial charge in [-0.25, -0.2) is 9.97 Å². The Bertz CT molecular complexity index is 821. The SMILES string of the molecule is CCCC[C@H](CC)C(=O)N1CCc2nc(-c3ccccc3)nc(N(C)CC)c2C1.